The minimum absolute atomic E-state index is 0.00943. The number of nitrogens with zero attached hydrogens (tertiary/aromatic N) is 2. The van der Waals surface area contributed by atoms with Crippen molar-refractivity contribution in [2.75, 3.05) is 13.1 Å². The van der Waals surface area contributed by atoms with Gasteiger partial charge in [0, 0.05) is 38.2 Å². The van der Waals surface area contributed by atoms with E-state index >= 15 is 0 Å². The second-order valence-electron chi connectivity index (χ2n) is 8.51. The molecule has 0 bridgehead atoms. The Morgan fingerprint density at radius 1 is 0.758 bits per heavy atom. The van der Waals surface area contributed by atoms with Gasteiger partial charge in [0.25, 0.3) is 0 Å². The summed E-state index contributed by atoms with van der Waals surface area (Å²) in [5.74, 6) is 0.129. The molecule has 1 saturated heterocycles. The zero-order valence-electron chi connectivity index (χ0n) is 18.8. The van der Waals surface area contributed by atoms with Gasteiger partial charge in [-0.25, -0.2) is 0 Å². The average Bonchev–Trinajstić information content (AvgIpc) is 2.88. The molecule has 0 N–H and O–H groups in total. The number of rotatable bonds is 7. The van der Waals surface area contributed by atoms with Crippen molar-refractivity contribution in [1.29, 1.82) is 0 Å². The first-order chi connectivity index (χ1) is 16.2. The summed E-state index contributed by atoms with van der Waals surface area (Å²) in [6.07, 6.45) is 4.88. The molecule has 0 aliphatic carbocycles. The number of hydrogen-bond donors (Lipinski definition) is 0. The van der Waals surface area contributed by atoms with Gasteiger partial charge < -0.3 is 9.80 Å². The average molecular weight is 439 g/mol. The van der Waals surface area contributed by atoms with Crippen molar-refractivity contribution in [2.24, 2.45) is 5.92 Å². The molecule has 0 radical (unpaired) electrons. The number of likely N-dealkylation sites (tertiary alicyclic amines) is 1. The molecule has 168 valence electrons. The Hall–Kier alpha value is -3.66. The third-order valence-electron chi connectivity index (χ3n) is 6.12. The lowest BCUT2D eigenvalue weighted by Gasteiger charge is -2.34. The number of amides is 2. The molecule has 0 atom stereocenters. The van der Waals surface area contributed by atoms with Crippen LogP contribution in [-0.2, 0) is 22.7 Å². The van der Waals surface area contributed by atoms with Crippen LogP contribution in [-0.4, -0.2) is 34.7 Å². The van der Waals surface area contributed by atoms with Crippen molar-refractivity contribution < 1.29 is 9.59 Å². The summed E-state index contributed by atoms with van der Waals surface area (Å²) in [5.41, 5.74) is 3.26. The highest BCUT2D eigenvalue weighted by Crippen LogP contribution is 2.23. The molecule has 0 aromatic heterocycles. The van der Waals surface area contributed by atoms with Crippen molar-refractivity contribution in [3.63, 3.8) is 0 Å². The highest BCUT2D eigenvalue weighted by molar-refractivity contribution is 5.92. The van der Waals surface area contributed by atoms with Gasteiger partial charge in [0.15, 0.2) is 0 Å². The van der Waals surface area contributed by atoms with E-state index in [-0.39, 0.29) is 17.7 Å². The molecular weight excluding hydrogens is 408 g/mol. The lowest BCUT2D eigenvalue weighted by molar-refractivity contribution is -0.140. The Kier molecular flexibility index (Phi) is 7.70. The van der Waals surface area contributed by atoms with Crippen molar-refractivity contribution in [2.45, 2.75) is 25.9 Å². The summed E-state index contributed by atoms with van der Waals surface area (Å²) < 4.78 is 0. The Balaban J connectivity index is 1.38. The van der Waals surface area contributed by atoms with Gasteiger partial charge >= 0.3 is 0 Å². The number of piperidine rings is 1. The monoisotopic (exact) mass is 438 g/mol. The molecule has 3 aromatic rings. The molecule has 2 amide bonds. The minimum atomic E-state index is -0.0559. The van der Waals surface area contributed by atoms with Crippen LogP contribution < -0.4 is 0 Å². The normalized spacial score (nSPS) is 14.4. The summed E-state index contributed by atoms with van der Waals surface area (Å²) in [4.78, 5) is 29.9. The lowest BCUT2D eigenvalue weighted by Crippen LogP contribution is -2.43. The molecule has 0 saturated carbocycles. The van der Waals surface area contributed by atoms with Gasteiger partial charge in [-0.2, -0.15) is 0 Å². The molecule has 1 aliphatic heterocycles. The highest BCUT2D eigenvalue weighted by Gasteiger charge is 2.30. The topological polar surface area (TPSA) is 40.6 Å². The van der Waals surface area contributed by atoms with Crippen molar-refractivity contribution >= 4 is 17.9 Å². The van der Waals surface area contributed by atoms with Gasteiger partial charge in [-0.1, -0.05) is 91.0 Å². The highest BCUT2D eigenvalue weighted by atomic mass is 16.2. The SMILES string of the molecule is O=C(C=Cc1ccccc1)N1CCC(C(=O)N(Cc2ccccc2)Cc2ccccc2)CC1. The van der Waals surface area contributed by atoms with Crippen LogP contribution in [0.5, 0.6) is 0 Å². The van der Waals surface area contributed by atoms with Crippen LogP contribution in [0.2, 0.25) is 0 Å². The molecule has 1 fully saturated rings. The quantitative estimate of drug-likeness (QED) is 0.478. The lowest BCUT2D eigenvalue weighted by atomic mass is 9.94. The molecule has 33 heavy (non-hydrogen) atoms. The minimum Gasteiger partial charge on any atom is -0.339 e. The van der Waals surface area contributed by atoms with Gasteiger partial charge in [-0.05, 0) is 35.6 Å². The fourth-order valence-corrected chi connectivity index (χ4v) is 4.26. The van der Waals surface area contributed by atoms with E-state index in [1.54, 1.807) is 6.08 Å². The van der Waals surface area contributed by atoms with Crippen molar-refractivity contribution in [3.8, 4) is 0 Å². The Labute approximate surface area is 196 Å². The predicted octanol–water partition coefficient (Wildman–Crippen LogP) is 5.17. The van der Waals surface area contributed by atoms with Crippen LogP contribution in [0.4, 0.5) is 0 Å². The standard InChI is InChI=1S/C29H30N2O2/c32-28(17-16-24-10-4-1-5-11-24)30-20-18-27(19-21-30)29(33)31(22-25-12-6-2-7-13-25)23-26-14-8-3-9-15-26/h1-17,27H,18-23H2. The van der Waals surface area contributed by atoms with Crippen LogP contribution in [0.25, 0.3) is 6.08 Å². The van der Waals surface area contributed by atoms with E-state index in [9.17, 15) is 9.59 Å². The number of carbonyl (C=O) groups excluding carboxylic acids is 2. The Morgan fingerprint density at radius 3 is 1.76 bits per heavy atom. The van der Waals surface area contributed by atoms with E-state index in [1.165, 1.54) is 0 Å². The summed E-state index contributed by atoms with van der Waals surface area (Å²) in [6, 6.07) is 30.1. The van der Waals surface area contributed by atoms with Crippen LogP contribution >= 0.6 is 0 Å². The second-order valence-corrected chi connectivity index (χ2v) is 8.51. The van der Waals surface area contributed by atoms with Gasteiger partial charge in [0.1, 0.15) is 0 Å². The molecule has 4 nitrogen and oxygen atoms in total. The zero-order valence-corrected chi connectivity index (χ0v) is 18.8. The first kappa shape index (κ1) is 22.5. The Morgan fingerprint density at radius 2 is 1.24 bits per heavy atom. The van der Waals surface area contributed by atoms with Gasteiger partial charge in [0.05, 0.1) is 0 Å². The molecule has 4 heteroatoms. The molecule has 1 aliphatic rings. The van der Waals surface area contributed by atoms with E-state index in [4.69, 9.17) is 0 Å². The van der Waals surface area contributed by atoms with Crippen molar-refractivity contribution in [3.05, 3.63) is 114 Å². The first-order valence-electron chi connectivity index (χ1n) is 11.6. The zero-order chi connectivity index (χ0) is 22.9. The first-order valence-corrected chi connectivity index (χ1v) is 11.6. The largest absolute Gasteiger partial charge is 0.339 e. The third-order valence-corrected chi connectivity index (χ3v) is 6.12. The fourth-order valence-electron chi connectivity index (χ4n) is 4.26. The van der Waals surface area contributed by atoms with E-state index in [2.05, 4.69) is 24.3 Å². The van der Waals surface area contributed by atoms with Crippen LogP contribution in [0.15, 0.2) is 97.1 Å². The molecule has 0 spiro atoms. The van der Waals surface area contributed by atoms with E-state index in [0.29, 0.717) is 39.0 Å². The van der Waals surface area contributed by atoms with Crippen LogP contribution in [0.1, 0.15) is 29.5 Å². The van der Waals surface area contributed by atoms with Crippen LogP contribution in [0.3, 0.4) is 0 Å². The number of carbonyl (C=O) groups is 2. The van der Waals surface area contributed by atoms with Gasteiger partial charge in [0.2, 0.25) is 11.8 Å². The maximum absolute atomic E-state index is 13.5. The molecule has 4 rings (SSSR count). The number of hydrogen-bond acceptors (Lipinski definition) is 2. The smallest absolute Gasteiger partial charge is 0.246 e. The number of benzene rings is 3. The molecule has 3 aromatic carbocycles. The van der Waals surface area contributed by atoms with E-state index in [0.717, 1.165) is 16.7 Å². The predicted molar refractivity (Wildman–Crippen MR) is 132 cm³/mol. The van der Waals surface area contributed by atoms with Gasteiger partial charge in [-0.3, -0.25) is 9.59 Å². The Bertz CT molecular complexity index is 1020. The maximum atomic E-state index is 13.5. The summed E-state index contributed by atoms with van der Waals surface area (Å²) in [5, 5.41) is 0. The summed E-state index contributed by atoms with van der Waals surface area (Å²) in [6.45, 7) is 2.40. The van der Waals surface area contributed by atoms with Gasteiger partial charge in [-0.15, -0.1) is 0 Å². The maximum Gasteiger partial charge on any atom is 0.246 e. The third kappa shape index (κ3) is 6.42. The fraction of sp³-hybridized carbons (Fsp3) is 0.241. The summed E-state index contributed by atoms with van der Waals surface area (Å²) in [7, 11) is 0. The van der Waals surface area contributed by atoms with E-state index < -0.39 is 0 Å². The molecule has 1 heterocycles. The molecular formula is C29H30N2O2. The van der Waals surface area contributed by atoms with Crippen molar-refractivity contribution in [1.82, 2.24) is 9.80 Å². The molecule has 0 unspecified atom stereocenters. The van der Waals surface area contributed by atoms with Crippen LogP contribution in [0, 0.1) is 5.92 Å². The second kappa shape index (κ2) is 11.3. The summed E-state index contributed by atoms with van der Waals surface area (Å²) >= 11 is 0. The van der Waals surface area contributed by atoms with E-state index in [1.807, 2.05) is 82.6 Å².